The van der Waals surface area contributed by atoms with Gasteiger partial charge in [0.25, 0.3) is 5.91 Å². The maximum absolute atomic E-state index is 11.7. The Hall–Kier alpha value is -1.36. The molecule has 0 saturated heterocycles. The van der Waals surface area contributed by atoms with Crippen LogP contribution in [0.15, 0.2) is 16.8 Å². The van der Waals surface area contributed by atoms with Crippen LogP contribution < -0.4 is 10.6 Å². The highest BCUT2D eigenvalue weighted by molar-refractivity contribution is 7.08. The Kier molecular flexibility index (Phi) is 7.30. The van der Waals surface area contributed by atoms with Gasteiger partial charge in [0.2, 0.25) is 5.91 Å². The molecule has 0 aliphatic carbocycles. The van der Waals surface area contributed by atoms with Gasteiger partial charge in [-0.2, -0.15) is 11.3 Å². The molecule has 0 bridgehead atoms. The lowest BCUT2D eigenvalue weighted by Crippen LogP contribution is -2.35. The molecule has 5 heteroatoms. The minimum Gasteiger partial charge on any atom is -0.354 e. The third kappa shape index (κ3) is 6.70. The van der Waals surface area contributed by atoms with E-state index in [9.17, 15) is 9.59 Å². The van der Waals surface area contributed by atoms with Crippen LogP contribution in [0.2, 0.25) is 0 Å². The summed E-state index contributed by atoms with van der Waals surface area (Å²) >= 11 is 1.48. The topological polar surface area (TPSA) is 58.2 Å². The first-order valence-corrected chi connectivity index (χ1v) is 8.03. The highest BCUT2D eigenvalue weighted by atomic mass is 32.1. The van der Waals surface area contributed by atoms with Crippen molar-refractivity contribution in [3.05, 3.63) is 22.4 Å². The van der Waals surface area contributed by atoms with E-state index in [0.717, 1.165) is 12.8 Å². The van der Waals surface area contributed by atoms with Gasteiger partial charge < -0.3 is 10.6 Å². The molecule has 0 fully saturated rings. The molecular weight excluding hydrogens is 272 g/mol. The minimum atomic E-state index is -0.119. The Balaban J connectivity index is 2.15. The molecule has 20 heavy (non-hydrogen) atoms. The summed E-state index contributed by atoms with van der Waals surface area (Å²) in [6.45, 7) is 6.74. The maximum Gasteiger partial charge on any atom is 0.252 e. The van der Waals surface area contributed by atoms with Gasteiger partial charge in [0.05, 0.1) is 0 Å². The Labute approximate surface area is 125 Å². The largest absolute Gasteiger partial charge is 0.354 e. The quantitative estimate of drug-likeness (QED) is 0.775. The van der Waals surface area contributed by atoms with Crippen LogP contribution in [0.4, 0.5) is 0 Å². The lowest BCUT2D eigenvalue weighted by Gasteiger charge is -2.15. The van der Waals surface area contributed by atoms with Gasteiger partial charge in [-0.25, -0.2) is 0 Å². The molecule has 1 rings (SSSR count). The normalized spacial score (nSPS) is 12.2. The maximum atomic E-state index is 11.7. The molecule has 1 unspecified atom stereocenters. The van der Waals surface area contributed by atoms with Crippen LogP contribution in [0.5, 0.6) is 0 Å². The first-order chi connectivity index (χ1) is 9.49. The molecule has 112 valence electrons. The molecule has 0 aliphatic heterocycles. The molecule has 2 N–H and O–H groups in total. The number of nitrogens with one attached hydrogen (secondary N) is 2. The number of hydrogen-bond donors (Lipinski definition) is 2. The van der Waals surface area contributed by atoms with E-state index in [0.29, 0.717) is 24.4 Å². The summed E-state index contributed by atoms with van der Waals surface area (Å²) in [6.07, 6.45) is 2.42. The molecule has 0 radical (unpaired) electrons. The van der Waals surface area contributed by atoms with E-state index in [2.05, 4.69) is 24.5 Å². The summed E-state index contributed by atoms with van der Waals surface area (Å²) in [6, 6.07) is 1.96. The van der Waals surface area contributed by atoms with Gasteiger partial charge in [0.1, 0.15) is 0 Å². The molecule has 0 aromatic carbocycles. The van der Waals surface area contributed by atoms with E-state index in [4.69, 9.17) is 0 Å². The summed E-state index contributed by atoms with van der Waals surface area (Å²) in [7, 11) is 0. The SMILES string of the molecule is CC(C)CCC(C)NC(=O)CCNC(=O)c1ccsc1. The van der Waals surface area contributed by atoms with Crippen LogP contribution in [0.1, 0.15) is 50.4 Å². The lowest BCUT2D eigenvalue weighted by molar-refractivity contribution is -0.121. The first-order valence-electron chi connectivity index (χ1n) is 7.08. The van der Waals surface area contributed by atoms with Crippen molar-refractivity contribution >= 4 is 23.2 Å². The van der Waals surface area contributed by atoms with Crippen molar-refractivity contribution in [3.63, 3.8) is 0 Å². The van der Waals surface area contributed by atoms with E-state index in [1.54, 1.807) is 11.4 Å². The second kappa shape index (κ2) is 8.74. The van der Waals surface area contributed by atoms with Gasteiger partial charge in [0, 0.05) is 30.0 Å². The van der Waals surface area contributed by atoms with Crippen molar-refractivity contribution in [2.24, 2.45) is 5.92 Å². The van der Waals surface area contributed by atoms with Crippen molar-refractivity contribution in [1.29, 1.82) is 0 Å². The fraction of sp³-hybridized carbons (Fsp3) is 0.600. The van der Waals surface area contributed by atoms with E-state index in [1.165, 1.54) is 11.3 Å². The van der Waals surface area contributed by atoms with Crippen molar-refractivity contribution in [2.45, 2.75) is 46.1 Å². The van der Waals surface area contributed by atoms with E-state index in [1.807, 2.05) is 12.3 Å². The smallest absolute Gasteiger partial charge is 0.252 e. The highest BCUT2D eigenvalue weighted by Crippen LogP contribution is 2.07. The molecule has 2 amide bonds. The van der Waals surface area contributed by atoms with Crippen LogP contribution in [0.25, 0.3) is 0 Å². The second-order valence-electron chi connectivity index (χ2n) is 5.46. The molecule has 1 aromatic rings. The average Bonchev–Trinajstić information content (AvgIpc) is 2.90. The van der Waals surface area contributed by atoms with Crippen LogP contribution >= 0.6 is 11.3 Å². The monoisotopic (exact) mass is 296 g/mol. The van der Waals surface area contributed by atoms with Crippen LogP contribution in [0.3, 0.4) is 0 Å². The number of hydrogen-bond acceptors (Lipinski definition) is 3. The molecule has 0 spiro atoms. The molecule has 1 aromatic heterocycles. The fourth-order valence-electron chi connectivity index (χ4n) is 1.79. The van der Waals surface area contributed by atoms with Gasteiger partial charge in [0.15, 0.2) is 0 Å². The predicted molar refractivity (Wildman–Crippen MR) is 82.9 cm³/mol. The number of carbonyl (C=O) groups excluding carboxylic acids is 2. The zero-order valence-electron chi connectivity index (χ0n) is 12.4. The van der Waals surface area contributed by atoms with Crippen molar-refractivity contribution in [1.82, 2.24) is 10.6 Å². The number of thiophene rings is 1. The van der Waals surface area contributed by atoms with Crippen LogP contribution in [-0.4, -0.2) is 24.4 Å². The summed E-state index contributed by atoms with van der Waals surface area (Å²) < 4.78 is 0. The second-order valence-corrected chi connectivity index (χ2v) is 6.24. The highest BCUT2D eigenvalue weighted by Gasteiger charge is 2.09. The Morgan fingerprint density at radius 2 is 2.00 bits per heavy atom. The molecule has 4 nitrogen and oxygen atoms in total. The van der Waals surface area contributed by atoms with Crippen LogP contribution in [0, 0.1) is 5.92 Å². The summed E-state index contributed by atoms with van der Waals surface area (Å²) in [4.78, 5) is 23.4. The van der Waals surface area contributed by atoms with E-state index >= 15 is 0 Å². The van der Waals surface area contributed by atoms with Gasteiger partial charge in [-0.05, 0) is 37.1 Å². The number of rotatable bonds is 8. The zero-order valence-corrected chi connectivity index (χ0v) is 13.3. The molecule has 0 aliphatic rings. The molecular formula is C15H24N2O2S. The average molecular weight is 296 g/mol. The van der Waals surface area contributed by atoms with Crippen LogP contribution in [-0.2, 0) is 4.79 Å². The Bertz CT molecular complexity index is 416. The van der Waals surface area contributed by atoms with Gasteiger partial charge in [-0.1, -0.05) is 13.8 Å². The fourth-order valence-corrected chi connectivity index (χ4v) is 2.42. The van der Waals surface area contributed by atoms with Crippen molar-refractivity contribution in [2.75, 3.05) is 6.54 Å². The Morgan fingerprint density at radius 3 is 2.60 bits per heavy atom. The molecule has 1 atom stereocenters. The predicted octanol–water partition coefficient (Wildman–Crippen LogP) is 2.81. The minimum absolute atomic E-state index is 0.00752. The lowest BCUT2D eigenvalue weighted by atomic mass is 10.0. The standard InChI is InChI=1S/C15H24N2O2S/c1-11(2)4-5-12(3)17-14(18)6-8-16-15(19)13-7-9-20-10-13/h7,9-12H,4-6,8H2,1-3H3,(H,16,19)(H,17,18). The third-order valence-electron chi connectivity index (χ3n) is 3.01. The van der Waals surface area contributed by atoms with Gasteiger partial charge in [-0.15, -0.1) is 0 Å². The first kappa shape index (κ1) is 16.7. The molecule has 1 heterocycles. The van der Waals surface area contributed by atoms with E-state index in [-0.39, 0.29) is 17.9 Å². The number of carbonyl (C=O) groups is 2. The van der Waals surface area contributed by atoms with Gasteiger partial charge >= 0.3 is 0 Å². The van der Waals surface area contributed by atoms with Crippen molar-refractivity contribution in [3.8, 4) is 0 Å². The van der Waals surface area contributed by atoms with Crippen molar-refractivity contribution < 1.29 is 9.59 Å². The third-order valence-corrected chi connectivity index (χ3v) is 3.69. The Morgan fingerprint density at radius 1 is 1.25 bits per heavy atom. The zero-order chi connectivity index (χ0) is 15.0. The van der Waals surface area contributed by atoms with Gasteiger partial charge in [-0.3, -0.25) is 9.59 Å². The molecule has 0 saturated carbocycles. The summed E-state index contributed by atoms with van der Waals surface area (Å²) in [5, 5.41) is 9.36. The number of amides is 2. The van der Waals surface area contributed by atoms with E-state index < -0.39 is 0 Å². The summed E-state index contributed by atoms with van der Waals surface area (Å²) in [5.74, 6) is 0.526. The summed E-state index contributed by atoms with van der Waals surface area (Å²) in [5.41, 5.74) is 0.653.